The highest BCUT2D eigenvalue weighted by atomic mass is 127. The lowest BCUT2D eigenvalue weighted by molar-refractivity contribution is 0.318. The average Bonchev–Trinajstić information content (AvgIpc) is 3.03. The largest absolute Gasteiger partial charge is 0.357 e. The van der Waals surface area contributed by atoms with E-state index in [1.165, 1.54) is 6.07 Å². The Bertz CT molecular complexity index is 712. The minimum atomic E-state index is -0.187. The molecular formula is C18H27FIN5O. The lowest BCUT2D eigenvalue weighted by Crippen LogP contribution is -2.38. The van der Waals surface area contributed by atoms with E-state index in [0.717, 1.165) is 6.54 Å². The van der Waals surface area contributed by atoms with Crippen molar-refractivity contribution in [1.29, 1.82) is 0 Å². The minimum Gasteiger partial charge on any atom is -0.357 e. The number of guanidine groups is 1. The predicted molar refractivity (Wildman–Crippen MR) is 111 cm³/mol. The third-order valence-electron chi connectivity index (χ3n) is 3.48. The topological polar surface area (TPSA) is 75.3 Å². The first-order chi connectivity index (χ1) is 11.9. The van der Waals surface area contributed by atoms with E-state index in [4.69, 9.17) is 4.52 Å². The molecule has 0 aliphatic heterocycles. The number of benzene rings is 1. The van der Waals surface area contributed by atoms with E-state index in [9.17, 15) is 4.39 Å². The van der Waals surface area contributed by atoms with Crippen LogP contribution in [-0.2, 0) is 18.4 Å². The van der Waals surface area contributed by atoms with Crippen LogP contribution in [0.3, 0.4) is 0 Å². The Hall–Kier alpha value is -1.71. The molecule has 26 heavy (non-hydrogen) atoms. The number of hydrogen-bond donors (Lipinski definition) is 2. The Morgan fingerprint density at radius 1 is 1.23 bits per heavy atom. The van der Waals surface area contributed by atoms with E-state index in [1.54, 1.807) is 12.1 Å². The fourth-order valence-electron chi connectivity index (χ4n) is 2.13. The number of aliphatic imine (C=N–C) groups is 1. The molecule has 0 saturated heterocycles. The molecule has 144 valence electrons. The minimum absolute atomic E-state index is 0. The van der Waals surface area contributed by atoms with Crippen LogP contribution >= 0.6 is 24.0 Å². The summed E-state index contributed by atoms with van der Waals surface area (Å²) in [5.41, 5.74) is 0.496. The fraction of sp³-hybridized carbons (Fsp3) is 0.500. The van der Waals surface area contributed by atoms with Crippen LogP contribution in [0.25, 0.3) is 0 Å². The molecule has 6 nitrogen and oxygen atoms in total. The molecular weight excluding hydrogens is 448 g/mol. The molecule has 2 aromatic rings. The molecule has 0 spiro atoms. The summed E-state index contributed by atoms with van der Waals surface area (Å²) in [5, 5.41) is 10.3. The third kappa shape index (κ3) is 6.89. The summed E-state index contributed by atoms with van der Waals surface area (Å²) in [6, 6.07) is 6.78. The lowest BCUT2D eigenvalue weighted by atomic mass is 9.97. The van der Waals surface area contributed by atoms with Gasteiger partial charge >= 0.3 is 0 Å². The third-order valence-corrected chi connectivity index (χ3v) is 3.48. The van der Waals surface area contributed by atoms with E-state index >= 15 is 0 Å². The summed E-state index contributed by atoms with van der Waals surface area (Å²) < 4.78 is 18.9. The van der Waals surface area contributed by atoms with Gasteiger partial charge in [0.15, 0.2) is 11.8 Å². The van der Waals surface area contributed by atoms with Crippen molar-refractivity contribution in [2.75, 3.05) is 13.1 Å². The molecule has 2 rings (SSSR count). The lowest BCUT2D eigenvalue weighted by Gasteiger charge is -2.11. The molecule has 0 unspecified atom stereocenters. The Morgan fingerprint density at radius 3 is 2.58 bits per heavy atom. The first kappa shape index (κ1) is 22.3. The zero-order chi connectivity index (χ0) is 18.3. The van der Waals surface area contributed by atoms with Crippen molar-refractivity contribution in [3.05, 3.63) is 47.4 Å². The quantitative estimate of drug-likeness (QED) is 0.381. The van der Waals surface area contributed by atoms with E-state index in [0.29, 0.717) is 42.7 Å². The highest BCUT2D eigenvalue weighted by Gasteiger charge is 2.21. The van der Waals surface area contributed by atoms with Crippen LogP contribution in [0.5, 0.6) is 0 Å². The molecule has 2 N–H and O–H groups in total. The zero-order valence-electron chi connectivity index (χ0n) is 15.7. The SMILES string of the molecule is CCNC(=NCc1noc(C(C)(C)C)n1)NCCc1ccccc1F.I. The van der Waals surface area contributed by atoms with Gasteiger partial charge in [-0.1, -0.05) is 44.1 Å². The Balaban J connectivity index is 0.00000338. The molecule has 8 heteroatoms. The van der Waals surface area contributed by atoms with Gasteiger partial charge in [0, 0.05) is 18.5 Å². The van der Waals surface area contributed by atoms with E-state index < -0.39 is 0 Å². The summed E-state index contributed by atoms with van der Waals surface area (Å²) in [6.45, 7) is 9.65. The fourth-order valence-corrected chi connectivity index (χ4v) is 2.13. The summed E-state index contributed by atoms with van der Waals surface area (Å²) in [4.78, 5) is 8.81. The number of hydrogen-bond acceptors (Lipinski definition) is 4. The highest BCUT2D eigenvalue weighted by Crippen LogP contribution is 2.19. The maximum absolute atomic E-state index is 13.6. The van der Waals surface area contributed by atoms with Gasteiger partial charge in [-0.2, -0.15) is 4.98 Å². The monoisotopic (exact) mass is 475 g/mol. The first-order valence-electron chi connectivity index (χ1n) is 8.49. The van der Waals surface area contributed by atoms with Crippen molar-refractivity contribution in [2.45, 2.75) is 46.1 Å². The summed E-state index contributed by atoms with van der Waals surface area (Å²) >= 11 is 0. The van der Waals surface area contributed by atoms with Gasteiger partial charge in [-0.25, -0.2) is 9.38 Å². The van der Waals surface area contributed by atoms with Gasteiger partial charge in [-0.3, -0.25) is 0 Å². The van der Waals surface area contributed by atoms with Crippen LogP contribution < -0.4 is 10.6 Å². The molecule has 1 aromatic heterocycles. The number of nitrogens with zero attached hydrogens (tertiary/aromatic N) is 3. The van der Waals surface area contributed by atoms with Gasteiger partial charge in [-0.15, -0.1) is 24.0 Å². The van der Waals surface area contributed by atoms with Crippen LogP contribution in [0, 0.1) is 5.82 Å². The molecule has 0 aliphatic rings. The second-order valence-corrected chi connectivity index (χ2v) is 6.73. The molecule has 0 fully saturated rings. The number of rotatable bonds is 6. The zero-order valence-corrected chi connectivity index (χ0v) is 18.0. The van der Waals surface area contributed by atoms with Crippen LogP contribution in [0.1, 0.15) is 45.0 Å². The molecule has 0 saturated carbocycles. The Kier molecular flexibility index (Phi) is 8.97. The van der Waals surface area contributed by atoms with Crippen molar-refractivity contribution in [3.63, 3.8) is 0 Å². The smallest absolute Gasteiger partial charge is 0.232 e. The van der Waals surface area contributed by atoms with Crippen molar-refractivity contribution >= 4 is 29.9 Å². The van der Waals surface area contributed by atoms with Crippen molar-refractivity contribution in [3.8, 4) is 0 Å². The highest BCUT2D eigenvalue weighted by molar-refractivity contribution is 14.0. The predicted octanol–water partition coefficient (Wildman–Crippen LogP) is 3.42. The molecule has 0 aliphatic carbocycles. The van der Waals surface area contributed by atoms with Crippen molar-refractivity contribution in [2.24, 2.45) is 4.99 Å². The Labute approximate surface area is 171 Å². The normalized spacial score (nSPS) is 11.8. The van der Waals surface area contributed by atoms with Gasteiger partial charge in [0.25, 0.3) is 0 Å². The van der Waals surface area contributed by atoms with Crippen molar-refractivity contribution < 1.29 is 8.91 Å². The van der Waals surface area contributed by atoms with Gasteiger partial charge < -0.3 is 15.2 Å². The summed E-state index contributed by atoms with van der Waals surface area (Å²) in [5.74, 6) is 1.58. The standard InChI is InChI=1S/C18H26FN5O.HI/c1-5-20-17(21-11-10-13-8-6-7-9-14(13)19)22-12-15-23-16(25-24-15)18(2,3)4;/h6-9H,5,10-12H2,1-4H3,(H2,20,21,22);1H. The maximum atomic E-state index is 13.6. The molecule has 0 atom stereocenters. The molecule has 0 amide bonds. The number of aromatic nitrogens is 2. The van der Waals surface area contributed by atoms with Gasteiger partial charge in [0.2, 0.25) is 5.89 Å². The van der Waals surface area contributed by atoms with Gasteiger partial charge in [0.05, 0.1) is 0 Å². The summed E-state index contributed by atoms with van der Waals surface area (Å²) in [6.07, 6.45) is 0.577. The van der Waals surface area contributed by atoms with Crippen LogP contribution in [-0.4, -0.2) is 29.2 Å². The Morgan fingerprint density at radius 2 is 1.96 bits per heavy atom. The maximum Gasteiger partial charge on any atom is 0.232 e. The van der Waals surface area contributed by atoms with Gasteiger partial charge in [0.1, 0.15) is 12.4 Å². The second kappa shape index (κ2) is 10.4. The van der Waals surface area contributed by atoms with Gasteiger partial charge in [-0.05, 0) is 25.0 Å². The number of nitrogens with one attached hydrogen (secondary N) is 2. The van der Waals surface area contributed by atoms with Crippen LogP contribution in [0.4, 0.5) is 4.39 Å². The summed E-state index contributed by atoms with van der Waals surface area (Å²) in [7, 11) is 0. The van der Waals surface area contributed by atoms with E-state index in [2.05, 4.69) is 25.8 Å². The molecule has 1 aromatic carbocycles. The van der Waals surface area contributed by atoms with Crippen LogP contribution in [0.2, 0.25) is 0 Å². The van der Waals surface area contributed by atoms with Crippen LogP contribution in [0.15, 0.2) is 33.8 Å². The molecule has 0 radical (unpaired) electrons. The van der Waals surface area contributed by atoms with E-state index in [-0.39, 0.29) is 35.2 Å². The molecule has 1 heterocycles. The van der Waals surface area contributed by atoms with E-state index in [1.807, 2.05) is 33.8 Å². The second-order valence-electron chi connectivity index (χ2n) is 6.73. The average molecular weight is 475 g/mol. The first-order valence-corrected chi connectivity index (χ1v) is 8.49. The molecule has 0 bridgehead atoms. The number of halogens is 2. The van der Waals surface area contributed by atoms with Crippen molar-refractivity contribution in [1.82, 2.24) is 20.8 Å².